The molecule has 160 valence electrons. The number of nitrogens with zero attached hydrogens (tertiary/aromatic N) is 4. The molecule has 1 fully saturated rings. The summed E-state index contributed by atoms with van der Waals surface area (Å²) in [6, 6.07) is 18.3. The molecular formula is C23H26N6O2. The quantitative estimate of drug-likeness (QED) is 0.666. The zero-order chi connectivity index (χ0) is 21.6. The lowest BCUT2D eigenvalue weighted by atomic mass is 10.1. The van der Waals surface area contributed by atoms with Crippen molar-refractivity contribution in [2.75, 3.05) is 38.5 Å². The first kappa shape index (κ1) is 20.6. The van der Waals surface area contributed by atoms with Crippen molar-refractivity contribution in [3.05, 3.63) is 78.1 Å². The maximum Gasteiger partial charge on any atom is 0.344 e. The second kappa shape index (κ2) is 9.44. The molecule has 4 rings (SSSR count). The van der Waals surface area contributed by atoms with Crippen molar-refractivity contribution < 1.29 is 9.59 Å². The van der Waals surface area contributed by atoms with Crippen LogP contribution in [0.25, 0.3) is 0 Å². The largest absolute Gasteiger partial charge is 0.356 e. The van der Waals surface area contributed by atoms with Crippen molar-refractivity contribution >= 4 is 23.3 Å². The Morgan fingerprint density at radius 2 is 1.71 bits per heavy atom. The maximum atomic E-state index is 12.7. The van der Waals surface area contributed by atoms with Crippen LogP contribution in [0.1, 0.15) is 15.9 Å². The molecule has 0 saturated carbocycles. The van der Waals surface area contributed by atoms with Gasteiger partial charge in [-0.3, -0.25) is 9.69 Å². The molecule has 0 radical (unpaired) electrons. The van der Waals surface area contributed by atoms with E-state index in [1.54, 1.807) is 11.9 Å². The molecule has 0 atom stereocenters. The van der Waals surface area contributed by atoms with E-state index in [1.807, 2.05) is 30.3 Å². The molecule has 0 unspecified atom stereocenters. The minimum Gasteiger partial charge on any atom is -0.356 e. The number of benzene rings is 2. The molecule has 31 heavy (non-hydrogen) atoms. The zero-order valence-electron chi connectivity index (χ0n) is 17.5. The Morgan fingerprint density at radius 3 is 2.45 bits per heavy atom. The van der Waals surface area contributed by atoms with Crippen molar-refractivity contribution in [3.63, 3.8) is 0 Å². The van der Waals surface area contributed by atoms with Crippen molar-refractivity contribution in [2.45, 2.75) is 6.54 Å². The van der Waals surface area contributed by atoms with Crippen LogP contribution < -0.4 is 10.6 Å². The van der Waals surface area contributed by atoms with Crippen LogP contribution in [-0.2, 0) is 6.54 Å². The molecule has 3 aromatic rings. The molecular weight excluding hydrogens is 392 g/mol. The van der Waals surface area contributed by atoms with Gasteiger partial charge in [0.15, 0.2) is 0 Å². The third-order valence-electron chi connectivity index (χ3n) is 5.31. The molecule has 0 bridgehead atoms. The van der Waals surface area contributed by atoms with Gasteiger partial charge in [0, 0.05) is 57.3 Å². The summed E-state index contributed by atoms with van der Waals surface area (Å²) in [7, 11) is 1.55. The number of anilines is 2. The van der Waals surface area contributed by atoms with Crippen molar-refractivity contribution in [3.8, 4) is 0 Å². The van der Waals surface area contributed by atoms with Crippen molar-refractivity contribution in [1.82, 2.24) is 24.9 Å². The lowest BCUT2D eigenvalue weighted by molar-refractivity contribution is 0.0963. The highest BCUT2D eigenvalue weighted by Crippen LogP contribution is 2.19. The van der Waals surface area contributed by atoms with Gasteiger partial charge in [0.05, 0.1) is 11.8 Å². The lowest BCUT2D eigenvalue weighted by Gasteiger charge is -2.34. The molecule has 1 aromatic heterocycles. The topological polar surface area (TPSA) is 82.5 Å². The van der Waals surface area contributed by atoms with E-state index in [0.717, 1.165) is 31.0 Å². The summed E-state index contributed by atoms with van der Waals surface area (Å²) >= 11 is 0. The molecule has 0 aliphatic carbocycles. The summed E-state index contributed by atoms with van der Waals surface area (Å²) in [4.78, 5) is 28.4. The van der Waals surface area contributed by atoms with Gasteiger partial charge in [0.25, 0.3) is 5.91 Å². The molecule has 2 N–H and O–H groups in total. The third kappa shape index (κ3) is 5.10. The average Bonchev–Trinajstić information content (AvgIpc) is 3.30. The number of aromatic nitrogens is 2. The summed E-state index contributed by atoms with van der Waals surface area (Å²) in [6.45, 7) is 3.64. The number of carbonyl (C=O) groups is 2. The SMILES string of the molecule is CNC(=O)c1cnn(C(=O)N2CCN(Cc3cccc(Nc4ccccc4)c3)CC2)c1. The number of amides is 2. The Labute approximate surface area is 181 Å². The summed E-state index contributed by atoms with van der Waals surface area (Å²) in [5.41, 5.74) is 3.72. The van der Waals surface area contributed by atoms with Crippen LogP contribution in [0, 0.1) is 0 Å². The number of piperazine rings is 1. The van der Waals surface area contributed by atoms with Crippen LogP contribution in [-0.4, -0.2) is 64.7 Å². The smallest absolute Gasteiger partial charge is 0.344 e. The predicted octanol–water partition coefficient (Wildman–Crippen LogP) is 2.77. The zero-order valence-corrected chi connectivity index (χ0v) is 17.5. The molecule has 2 amide bonds. The average molecular weight is 419 g/mol. The summed E-state index contributed by atoms with van der Waals surface area (Å²) in [6.07, 6.45) is 2.88. The second-order valence-electron chi connectivity index (χ2n) is 7.49. The standard InChI is InChI=1S/C23H26N6O2/c1-24-22(30)19-15-25-29(17-19)23(31)28-12-10-27(11-13-28)16-18-6-5-9-21(14-18)26-20-7-3-2-4-8-20/h2-9,14-15,17,26H,10-13,16H2,1H3,(H,24,30). The van der Waals surface area contributed by atoms with E-state index >= 15 is 0 Å². The molecule has 8 nitrogen and oxygen atoms in total. The van der Waals surface area contributed by atoms with Gasteiger partial charge >= 0.3 is 6.03 Å². The minimum absolute atomic E-state index is 0.205. The fraction of sp³-hybridized carbons (Fsp3) is 0.261. The monoisotopic (exact) mass is 418 g/mol. The van der Waals surface area contributed by atoms with Crippen LogP contribution in [0.3, 0.4) is 0 Å². The first-order valence-electron chi connectivity index (χ1n) is 10.3. The second-order valence-corrected chi connectivity index (χ2v) is 7.49. The molecule has 2 heterocycles. The summed E-state index contributed by atoms with van der Waals surface area (Å²) in [5.74, 6) is -0.257. The summed E-state index contributed by atoms with van der Waals surface area (Å²) in [5, 5.41) is 9.99. The van der Waals surface area contributed by atoms with Gasteiger partial charge < -0.3 is 15.5 Å². The Balaban J connectivity index is 1.31. The fourth-order valence-electron chi connectivity index (χ4n) is 3.62. The van der Waals surface area contributed by atoms with Crippen molar-refractivity contribution in [2.24, 2.45) is 0 Å². The molecule has 1 saturated heterocycles. The normalized spacial score (nSPS) is 14.3. The highest BCUT2D eigenvalue weighted by Gasteiger charge is 2.23. The van der Waals surface area contributed by atoms with Crippen LogP contribution in [0.15, 0.2) is 67.0 Å². The number of carbonyl (C=O) groups excluding carboxylic acids is 2. The van der Waals surface area contributed by atoms with Crippen LogP contribution in [0.4, 0.5) is 16.2 Å². The van der Waals surface area contributed by atoms with E-state index in [-0.39, 0.29) is 11.9 Å². The molecule has 2 aromatic carbocycles. The van der Waals surface area contributed by atoms with E-state index in [4.69, 9.17) is 0 Å². The van der Waals surface area contributed by atoms with Crippen LogP contribution in [0.2, 0.25) is 0 Å². The Hall–Kier alpha value is -3.65. The third-order valence-corrected chi connectivity index (χ3v) is 5.31. The van der Waals surface area contributed by atoms with E-state index in [2.05, 4.69) is 44.9 Å². The molecule has 1 aliphatic rings. The first-order valence-corrected chi connectivity index (χ1v) is 10.3. The Kier molecular flexibility index (Phi) is 6.28. The van der Waals surface area contributed by atoms with E-state index in [0.29, 0.717) is 18.7 Å². The number of rotatable bonds is 5. The molecule has 8 heteroatoms. The van der Waals surface area contributed by atoms with Crippen LogP contribution in [0.5, 0.6) is 0 Å². The van der Waals surface area contributed by atoms with Gasteiger partial charge in [-0.25, -0.2) is 4.79 Å². The Bertz CT molecular complexity index is 1040. The first-order chi connectivity index (χ1) is 15.1. The van der Waals surface area contributed by atoms with E-state index in [1.165, 1.54) is 22.6 Å². The van der Waals surface area contributed by atoms with Crippen molar-refractivity contribution in [1.29, 1.82) is 0 Å². The van der Waals surface area contributed by atoms with Gasteiger partial charge in [-0.05, 0) is 29.8 Å². The summed E-state index contributed by atoms with van der Waals surface area (Å²) < 4.78 is 1.24. The van der Waals surface area contributed by atoms with E-state index in [9.17, 15) is 9.59 Å². The minimum atomic E-state index is -0.257. The number of hydrogen-bond donors (Lipinski definition) is 2. The highest BCUT2D eigenvalue weighted by atomic mass is 16.2. The van der Waals surface area contributed by atoms with Gasteiger partial charge in [0.1, 0.15) is 0 Å². The number of nitrogens with one attached hydrogen (secondary N) is 2. The fourth-order valence-corrected chi connectivity index (χ4v) is 3.62. The highest BCUT2D eigenvalue weighted by molar-refractivity contribution is 5.94. The van der Waals surface area contributed by atoms with Gasteiger partial charge in [-0.15, -0.1) is 0 Å². The van der Waals surface area contributed by atoms with E-state index < -0.39 is 0 Å². The predicted molar refractivity (Wildman–Crippen MR) is 119 cm³/mol. The molecule has 0 spiro atoms. The molecule has 1 aliphatic heterocycles. The lowest BCUT2D eigenvalue weighted by Crippen LogP contribution is -2.49. The van der Waals surface area contributed by atoms with Gasteiger partial charge in [0.2, 0.25) is 0 Å². The number of para-hydroxylation sites is 1. The number of hydrogen-bond acceptors (Lipinski definition) is 5. The maximum absolute atomic E-state index is 12.7. The van der Waals surface area contributed by atoms with Gasteiger partial charge in [-0.1, -0.05) is 30.3 Å². The van der Waals surface area contributed by atoms with Gasteiger partial charge in [-0.2, -0.15) is 9.78 Å². The Morgan fingerprint density at radius 1 is 0.968 bits per heavy atom. The van der Waals surface area contributed by atoms with Crippen LogP contribution >= 0.6 is 0 Å².